The summed E-state index contributed by atoms with van der Waals surface area (Å²) in [7, 11) is 1.94. The Hall–Kier alpha value is -3.14. The third kappa shape index (κ3) is 12.8. The molecule has 10 nitrogen and oxygen atoms in total. The zero-order valence-corrected chi connectivity index (χ0v) is 43.3. The Labute approximate surface area is 392 Å². The first-order valence-corrected chi connectivity index (χ1v) is 25.8. The number of amides is 3. The van der Waals surface area contributed by atoms with Gasteiger partial charge in [-0.3, -0.25) is 14.4 Å². The second kappa shape index (κ2) is 26.3. The number of likely N-dealkylation sites (tertiary alicyclic amines) is 2. The molecule has 368 valence electrons. The Morgan fingerprint density at radius 2 is 1.42 bits per heavy atom. The summed E-state index contributed by atoms with van der Waals surface area (Å²) in [6.45, 7) is 37.6. The van der Waals surface area contributed by atoms with Crippen LogP contribution in [0.3, 0.4) is 0 Å². The number of hydrogen-bond donors (Lipinski definition) is 4. The molecule has 4 unspecified atom stereocenters. The number of fused-ring (bicyclic) bond motifs is 1. The van der Waals surface area contributed by atoms with Crippen molar-refractivity contribution >= 4 is 24.5 Å². The van der Waals surface area contributed by atoms with Crippen molar-refractivity contribution in [1.82, 2.24) is 31.1 Å². The van der Waals surface area contributed by atoms with Gasteiger partial charge in [-0.25, -0.2) is 0 Å². The minimum Gasteiger partial charge on any atom is -0.390 e. The van der Waals surface area contributed by atoms with Crippen molar-refractivity contribution in [1.29, 1.82) is 0 Å². The number of carbonyl (C=O) groups is 4. The van der Waals surface area contributed by atoms with Crippen molar-refractivity contribution in [3.63, 3.8) is 0 Å². The zero-order valence-electron chi connectivity index (χ0n) is 43.3. The van der Waals surface area contributed by atoms with E-state index < -0.39 is 29.1 Å². The maximum absolute atomic E-state index is 14.9. The molecular formula is C54H98N6O4. The van der Waals surface area contributed by atoms with Crippen LogP contribution in [0.5, 0.6) is 0 Å². The fourth-order valence-electron chi connectivity index (χ4n) is 12.0. The second-order valence-corrected chi connectivity index (χ2v) is 21.1. The van der Waals surface area contributed by atoms with Crippen LogP contribution in [0.15, 0.2) is 37.2 Å². The molecule has 2 saturated heterocycles. The number of hydrogen-bond acceptors (Lipinski definition) is 7. The average Bonchev–Trinajstić information content (AvgIpc) is 3.74. The Morgan fingerprint density at radius 3 is 1.80 bits per heavy atom. The van der Waals surface area contributed by atoms with Gasteiger partial charge in [0.1, 0.15) is 24.9 Å². The largest absolute Gasteiger partial charge is 0.390 e. The molecule has 2 heterocycles. The highest BCUT2D eigenvalue weighted by Gasteiger charge is 2.85. The van der Waals surface area contributed by atoms with Crippen molar-refractivity contribution in [2.45, 2.75) is 215 Å². The minimum atomic E-state index is -0.756. The van der Waals surface area contributed by atoms with E-state index in [-0.39, 0.29) is 39.9 Å². The lowest BCUT2D eigenvalue weighted by atomic mass is 9.73. The van der Waals surface area contributed by atoms with Gasteiger partial charge < -0.3 is 35.9 Å². The average molecular weight is 895 g/mol. The fourth-order valence-corrected chi connectivity index (χ4v) is 12.0. The van der Waals surface area contributed by atoms with E-state index in [9.17, 15) is 14.4 Å². The highest BCUT2D eigenvalue weighted by molar-refractivity contribution is 5.95. The van der Waals surface area contributed by atoms with Crippen LogP contribution in [0.2, 0.25) is 0 Å². The van der Waals surface area contributed by atoms with Crippen LogP contribution >= 0.6 is 0 Å². The summed E-state index contributed by atoms with van der Waals surface area (Å²) in [5, 5.41) is 13.3. The quantitative estimate of drug-likeness (QED) is 0.114. The monoisotopic (exact) mass is 895 g/mol. The molecule has 3 amide bonds. The van der Waals surface area contributed by atoms with Gasteiger partial charge >= 0.3 is 0 Å². The molecule has 4 saturated carbocycles. The predicted octanol–water partition coefficient (Wildman–Crippen LogP) is 10.5. The Bertz CT molecular complexity index is 1490. The van der Waals surface area contributed by atoms with E-state index in [1.54, 1.807) is 6.20 Å². The molecule has 0 aromatic carbocycles. The van der Waals surface area contributed by atoms with E-state index in [1.807, 2.05) is 45.6 Å². The van der Waals surface area contributed by atoms with Gasteiger partial charge in [-0.15, -0.1) is 6.58 Å². The fraction of sp³-hybridized carbons (Fsp3) is 0.815. The van der Waals surface area contributed by atoms with Crippen LogP contribution in [-0.4, -0.2) is 91.2 Å². The SMILES string of the molecule is C=CCC.C=CNC(C(=O)N[C@H](C(=O)N1CC2(CC1C(=O)N[C@]1(/C(=C\CC)NC)CC1CC)C(C)(C)C21CCC1)C(C)(C)C)C1CCCCC1.C=O.CCCCC.CCN1CCCC1. The number of allylic oxidation sites excluding steroid dienone is 2. The van der Waals surface area contributed by atoms with Gasteiger partial charge in [0.15, 0.2) is 0 Å². The van der Waals surface area contributed by atoms with Gasteiger partial charge in [-0.2, -0.15) is 0 Å². The molecular weight excluding hydrogens is 797 g/mol. The van der Waals surface area contributed by atoms with Crippen molar-refractivity contribution in [3.05, 3.63) is 37.2 Å². The Morgan fingerprint density at radius 1 is 0.828 bits per heavy atom. The lowest BCUT2D eigenvalue weighted by Crippen LogP contribution is -2.61. The normalized spacial score (nSPS) is 27.2. The third-order valence-electron chi connectivity index (χ3n) is 16.2. The summed E-state index contributed by atoms with van der Waals surface area (Å²) in [6, 6.07) is -1.75. The molecule has 4 N–H and O–H groups in total. The molecule has 10 heteroatoms. The van der Waals surface area contributed by atoms with Gasteiger partial charge in [-0.05, 0) is 118 Å². The molecule has 6 fully saturated rings. The van der Waals surface area contributed by atoms with E-state index in [1.165, 1.54) is 64.6 Å². The van der Waals surface area contributed by atoms with Crippen LogP contribution in [-0.2, 0) is 19.2 Å². The summed E-state index contributed by atoms with van der Waals surface area (Å²) in [4.78, 5) is 55.8. The molecule has 6 rings (SSSR count). The number of nitrogens with one attached hydrogen (secondary N) is 4. The maximum Gasteiger partial charge on any atom is 0.246 e. The standard InChI is InChI=1S/C38H63N5O3.C6H13N.C5H12.C4H8.CH2O/c1-10-17-28(39-9)38(22-26(38)11-2)42-31(44)27-23-37(35(7,8)36(37)20-16-21-36)24-43(27)33(46)30(34(4,5)6)41-32(45)29(40-12-3)25-18-14-13-15-19-25;1-2-7-5-3-4-6-7;1-3-5-4-2;1-3-4-2;1-2/h12,17,25-27,29-30,39-40H,3,10-11,13-16,18-24H2,1-2,4-9H3,(H,41,45)(H,42,44);2-6H2,1H3;3-5H2,1-2H3;3H,1,4H2,2H3;1H2/b28-17+;;;;/t26?,27?,29?,30-,37?,38-;;;;/m1..../s1. The topological polar surface area (TPSA) is 123 Å². The van der Waals surface area contributed by atoms with Gasteiger partial charge in [0, 0.05) is 24.7 Å². The molecule has 2 aliphatic heterocycles. The predicted molar refractivity (Wildman–Crippen MR) is 269 cm³/mol. The molecule has 2 spiro atoms. The van der Waals surface area contributed by atoms with E-state index in [0.717, 1.165) is 69.9 Å². The van der Waals surface area contributed by atoms with Crippen LogP contribution in [0.4, 0.5) is 0 Å². The maximum atomic E-state index is 14.9. The smallest absolute Gasteiger partial charge is 0.246 e. The first kappa shape index (κ1) is 57.0. The number of unbranched alkanes of at least 4 members (excludes halogenated alkanes) is 2. The first-order chi connectivity index (χ1) is 30.5. The first-order valence-electron chi connectivity index (χ1n) is 25.8. The van der Waals surface area contributed by atoms with Crippen LogP contribution in [0.25, 0.3) is 0 Å². The van der Waals surface area contributed by atoms with E-state index in [2.05, 4.69) is 101 Å². The van der Waals surface area contributed by atoms with Crippen LogP contribution in [0.1, 0.15) is 192 Å². The summed E-state index contributed by atoms with van der Waals surface area (Å²) < 4.78 is 0. The summed E-state index contributed by atoms with van der Waals surface area (Å²) in [6.07, 6.45) is 26.1. The Kier molecular flexibility index (Phi) is 23.4. The van der Waals surface area contributed by atoms with Crippen molar-refractivity contribution in [2.75, 3.05) is 33.2 Å². The molecule has 0 bridgehead atoms. The molecule has 0 radical (unpaired) electrons. The lowest BCUT2D eigenvalue weighted by Gasteiger charge is -2.38. The second-order valence-electron chi connectivity index (χ2n) is 21.1. The van der Waals surface area contributed by atoms with E-state index in [0.29, 0.717) is 18.9 Å². The molecule has 64 heavy (non-hydrogen) atoms. The van der Waals surface area contributed by atoms with Crippen LogP contribution in [0, 0.1) is 33.5 Å². The van der Waals surface area contributed by atoms with Gasteiger partial charge in [0.05, 0.1) is 5.54 Å². The van der Waals surface area contributed by atoms with E-state index >= 15 is 0 Å². The molecule has 6 atom stereocenters. The molecule has 4 aliphatic carbocycles. The number of carbonyl (C=O) groups excluding carboxylic acids is 4. The highest BCUT2D eigenvalue weighted by atomic mass is 16.2. The summed E-state index contributed by atoms with van der Waals surface area (Å²) >= 11 is 0. The highest BCUT2D eigenvalue weighted by Crippen LogP contribution is 2.88. The number of likely N-dealkylation sites (N-methyl/N-ethyl adjacent to an activating group) is 1. The molecule has 0 aromatic heterocycles. The Balaban J connectivity index is 0.000000657. The van der Waals surface area contributed by atoms with Crippen molar-refractivity contribution in [3.8, 4) is 0 Å². The van der Waals surface area contributed by atoms with Crippen molar-refractivity contribution < 1.29 is 19.2 Å². The van der Waals surface area contributed by atoms with Gasteiger partial charge in [0.25, 0.3) is 0 Å². The van der Waals surface area contributed by atoms with Crippen molar-refractivity contribution in [2.24, 2.45) is 33.5 Å². The zero-order chi connectivity index (χ0) is 48.4. The third-order valence-corrected chi connectivity index (χ3v) is 16.2. The van der Waals surface area contributed by atoms with E-state index in [4.69, 9.17) is 4.79 Å². The number of nitrogens with zero attached hydrogens (tertiary/aromatic N) is 2. The van der Waals surface area contributed by atoms with Gasteiger partial charge in [0.2, 0.25) is 17.7 Å². The van der Waals surface area contributed by atoms with Gasteiger partial charge in [-0.1, -0.05) is 146 Å². The summed E-state index contributed by atoms with van der Waals surface area (Å²) in [5.74, 6) is 0.241. The lowest BCUT2D eigenvalue weighted by molar-refractivity contribution is -0.144. The number of rotatable bonds is 16. The molecule has 0 aromatic rings. The minimum absolute atomic E-state index is 0.0528. The van der Waals surface area contributed by atoms with Crippen LogP contribution < -0.4 is 21.3 Å². The summed E-state index contributed by atoms with van der Waals surface area (Å²) in [5.41, 5.74) is 0.296. The molecule has 6 aliphatic rings.